The van der Waals surface area contributed by atoms with Crippen LogP contribution < -0.4 is 5.32 Å². The first-order chi connectivity index (χ1) is 14.6. The van der Waals surface area contributed by atoms with Crippen molar-refractivity contribution in [2.75, 3.05) is 6.54 Å². The normalized spacial score (nSPS) is 45.2. The van der Waals surface area contributed by atoms with E-state index in [0.29, 0.717) is 35.0 Å². The van der Waals surface area contributed by atoms with Gasteiger partial charge in [-0.25, -0.2) is 0 Å². The van der Waals surface area contributed by atoms with Crippen molar-refractivity contribution in [2.24, 2.45) is 46.3 Å². The van der Waals surface area contributed by atoms with Crippen LogP contribution in [0.1, 0.15) is 91.4 Å². The molecular weight excluding hydrogens is 390 g/mol. The van der Waals surface area contributed by atoms with E-state index in [0.717, 1.165) is 37.0 Å². The first-order valence-corrected chi connectivity index (χ1v) is 12.8. The summed E-state index contributed by atoms with van der Waals surface area (Å²) >= 11 is 0. The van der Waals surface area contributed by atoms with Gasteiger partial charge in [0.1, 0.15) is 6.54 Å². The average molecular weight is 434 g/mol. The number of amides is 1. The van der Waals surface area contributed by atoms with Crippen molar-refractivity contribution in [3.05, 3.63) is 0 Å². The van der Waals surface area contributed by atoms with Gasteiger partial charge in [0, 0.05) is 6.42 Å². The average Bonchev–Trinajstić information content (AvgIpc) is 3.08. The van der Waals surface area contributed by atoms with Gasteiger partial charge in [0.15, 0.2) is 0 Å². The maximum absolute atomic E-state index is 12.0. The van der Waals surface area contributed by atoms with Gasteiger partial charge >= 0.3 is 5.97 Å². The highest BCUT2D eigenvalue weighted by molar-refractivity contribution is 5.81. The number of aliphatic hydroxyl groups is 1. The molecule has 0 saturated heterocycles. The van der Waals surface area contributed by atoms with E-state index < -0.39 is 5.97 Å². The van der Waals surface area contributed by atoms with E-state index in [-0.39, 0.29) is 18.6 Å². The van der Waals surface area contributed by atoms with Gasteiger partial charge in [0.2, 0.25) is 5.91 Å². The third-order valence-electron chi connectivity index (χ3n) is 10.7. The molecule has 0 aromatic heterocycles. The Kier molecular flexibility index (Phi) is 6.46. The Morgan fingerprint density at radius 3 is 2.45 bits per heavy atom. The van der Waals surface area contributed by atoms with Crippen LogP contribution in [0.15, 0.2) is 0 Å². The highest BCUT2D eigenvalue weighted by Crippen LogP contribution is 2.68. The standard InChI is InChI=1S/C26H43NO4/c1-16(4-9-23(29)27-15-24(30)31)20-7-8-21-19-6-5-17-14-18(28)10-12-25(17,2)22(19)11-13-26(20,21)3/h16-22,28H,4-15H2,1-3H3,(H,27,29)(H,30,31)/t16-,17+,18-,19+,20-,21-,22+,25+,26-/m1/s1. The van der Waals surface area contributed by atoms with Crippen molar-refractivity contribution in [2.45, 2.75) is 97.5 Å². The first kappa shape index (κ1) is 23.1. The Morgan fingerprint density at radius 2 is 1.71 bits per heavy atom. The Labute approximate surface area is 187 Å². The van der Waals surface area contributed by atoms with Crippen LogP contribution >= 0.6 is 0 Å². The van der Waals surface area contributed by atoms with Crippen LogP contribution in [0.2, 0.25) is 0 Å². The molecule has 5 heteroatoms. The number of hydrogen-bond acceptors (Lipinski definition) is 3. The summed E-state index contributed by atoms with van der Waals surface area (Å²) in [5.41, 5.74) is 0.810. The molecular formula is C26H43NO4. The molecule has 9 atom stereocenters. The van der Waals surface area contributed by atoms with Crippen molar-refractivity contribution in [3.8, 4) is 0 Å². The van der Waals surface area contributed by atoms with Crippen LogP contribution in [0.5, 0.6) is 0 Å². The topological polar surface area (TPSA) is 86.6 Å². The van der Waals surface area contributed by atoms with Crippen molar-refractivity contribution < 1.29 is 19.8 Å². The molecule has 31 heavy (non-hydrogen) atoms. The van der Waals surface area contributed by atoms with Crippen LogP contribution in [0.3, 0.4) is 0 Å². The molecule has 0 heterocycles. The van der Waals surface area contributed by atoms with Crippen LogP contribution in [0.25, 0.3) is 0 Å². The van der Waals surface area contributed by atoms with Crippen LogP contribution in [0.4, 0.5) is 0 Å². The van der Waals surface area contributed by atoms with E-state index in [1.165, 1.54) is 44.9 Å². The summed E-state index contributed by atoms with van der Waals surface area (Å²) in [6.45, 7) is 7.13. The minimum absolute atomic E-state index is 0.0760. The van der Waals surface area contributed by atoms with Gasteiger partial charge in [0.25, 0.3) is 0 Å². The van der Waals surface area contributed by atoms with Gasteiger partial charge in [-0.15, -0.1) is 0 Å². The Balaban J connectivity index is 1.40. The number of carboxylic acids is 1. The van der Waals surface area contributed by atoms with Crippen molar-refractivity contribution in [1.29, 1.82) is 0 Å². The molecule has 176 valence electrons. The van der Waals surface area contributed by atoms with E-state index in [2.05, 4.69) is 26.1 Å². The van der Waals surface area contributed by atoms with Gasteiger partial charge < -0.3 is 15.5 Å². The Hall–Kier alpha value is -1.10. The molecule has 4 fully saturated rings. The summed E-state index contributed by atoms with van der Waals surface area (Å²) in [5.74, 6) is 3.23. The second-order valence-electron chi connectivity index (χ2n) is 12.0. The molecule has 0 aliphatic heterocycles. The summed E-state index contributed by atoms with van der Waals surface area (Å²) < 4.78 is 0. The molecule has 0 bridgehead atoms. The zero-order valence-electron chi connectivity index (χ0n) is 19.7. The summed E-state index contributed by atoms with van der Waals surface area (Å²) in [6, 6.07) is 0. The van der Waals surface area contributed by atoms with Crippen LogP contribution in [0, 0.1) is 46.3 Å². The van der Waals surface area contributed by atoms with E-state index in [1.54, 1.807) is 0 Å². The van der Waals surface area contributed by atoms with Crippen molar-refractivity contribution in [1.82, 2.24) is 5.32 Å². The summed E-state index contributed by atoms with van der Waals surface area (Å²) in [4.78, 5) is 22.7. The molecule has 4 saturated carbocycles. The lowest BCUT2D eigenvalue weighted by Gasteiger charge is -2.61. The smallest absolute Gasteiger partial charge is 0.322 e. The fourth-order valence-electron chi connectivity index (χ4n) is 9.03. The van der Waals surface area contributed by atoms with E-state index >= 15 is 0 Å². The molecule has 0 radical (unpaired) electrons. The SMILES string of the molecule is C[C@H](CCC(=O)NCC(=O)O)[C@H]1CC[C@@H]2[C@@H]3CC[C@H]4C[C@H](O)CC[C@]4(C)[C@H]3CC[C@@]21C. The van der Waals surface area contributed by atoms with Crippen molar-refractivity contribution >= 4 is 11.9 Å². The van der Waals surface area contributed by atoms with Gasteiger partial charge in [-0.3, -0.25) is 9.59 Å². The minimum Gasteiger partial charge on any atom is -0.480 e. The van der Waals surface area contributed by atoms with Gasteiger partial charge in [-0.1, -0.05) is 20.8 Å². The maximum atomic E-state index is 12.0. The molecule has 0 unspecified atom stereocenters. The second-order valence-corrected chi connectivity index (χ2v) is 12.0. The fraction of sp³-hybridized carbons (Fsp3) is 0.923. The summed E-state index contributed by atoms with van der Waals surface area (Å²) in [5, 5.41) is 21.5. The highest BCUT2D eigenvalue weighted by Gasteiger charge is 2.60. The molecule has 0 aromatic carbocycles. The predicted octanol–water partition coefficient (Wildman–Crippen LogP) is 4.62. The predicted molar refractivity (Wildman–Crippen MR) is 120 cm³/mol. The highest BCUT2D eigenvalue weighted by atomic mass is 16.4. The molecule has 3 N–H and O–H groups in total. The van der Waals surface area contributed by atoms with Crippen LogP contribution in [-0.2, 0) is 9.59 Å². The molecule has 0 spiro atoms. The number of carbonyl (C=O) groups is 2. The van der Waals surface area contributed by atoms with E-state index in [4.69, 9.17) is 5.11 Å². The van der Waals surface area contributed by atoms with Crippen molar-refractivity contribution in [3.63, 3.8) is 0 Å². The summed E-state index contributed by atoms with van der Waals surface area (Å²) in [6.07, 6.45) is 12.3. The lowest BCUT2D eigenvalue weighted by Crippen LogP contribution is -2.54. The van der Waals surface area contributed by atoms with Gasteiger partial charge in [-0.05, 0) is 111 Å². The number of fused-ring (bicyclic) bond motifs is 5. The Bertz CT molecular complexity index is 695. The number of hydrogen-bond donors (Lipinski definition) is 3. The lowest BCUT2D eigenvalue weighted by atomic mass is 9.44. The molecule has 0 aromatic rings. The fourth-order valence-corrected chi connectivity index (χ4v) is 9.03. The first-order valence-electron chi connectivity index (χ1n) is 12.8. The Morgan fingerprint density at radius 1 is 1.00 bits per heavy atom. The lowest BCUT2D eigenvalue weighted by molar-refractivity contribution is -0.138. The number of aliphatic carboxylic acids is 1. The number of nitrogens with one attached hydrogen (secondary N) is 1. The number of carbonyl (C=O) groups excluding carboxylic acids is 1. The van der Waals surface area contributed by atoms with E-state index in [1.807, 2.05) is 0 Å². The third-order valence-corrected chi connectivity index (χ3v) is 10.7. The molecule has 1 amide bonds. The monoisotopic (exact) mass is 433 g/mol. The summed E-state index contributed by atoms with van der Waals surface area (Å²) in [7, 11) is 0. The number of rotatable bonds is 6. The number of carboxylic acid groups (broad SMARTS) is 1. The quantitative estimate of drug-likeness (QED) is 0.570. The van der Waals surface area contributed by atoms with E-state index in [9.17, 15) is 14.7 Å². The maximum Gasteiger partial charge on any atom is 0.322 e. The minimum atomic E-state index is -0.986. The zero-order chi connectivity index (χ0) is 22.4. The largest absolute Gasteiger partial charge is 0.480 e. The molecule has 4 rings (SSSR count). The van der Waals surface area contributed by atoms with Gasteiger partial charge in [-0.2, -0.15) is 0 Å². The molecule has 5 nitrogen and oxygen atoms in total. The molecule has 4 aliphatic carbocycles. The van der Waals surface area contributed by atoms with Gasteiger partial charge in [0.05, 0.1) is 6.10 Å². The number of aliphatic hydroxyl groups excluding tert-OH is 1. The van der Waals surface area contributed by atoms with Crippen LogP contribution in [-0.4, -0.2) is 34.7 Å². The third kappa shape index (κ3) is 4.16. The zero-order valence-corrected chi connectivity index (χ0v) is 19.7. The second kappa shape index (κ2) is 8.68. The molecule has 4 aliphatic rings.